The molecule has 0 heterocycles. The molecule has 0 aromatic carbocycles. The second kappa shape index (κ2) is 10.1. The molecule has 0 atom stereocenters. The number of methoxy groups -OCH3 is 2. The van der Waals surface area contributed by atoms with Crippen LogP contribution in [0.2, 0.25) is 0 Å². The fraction of sp³-hybridized carbons (Fsp3) is 0.667. The predicted molar refractivity (Wildman–Crippen MR) is 87.9 cm³/mol. The van der Waals surface area contributed by atoms with Gasteiger partial charge in [-0.05, 0) is 12.8 Å². The first-order valence-corrected chi connectivity index (χ1v) is 8.42. The zero-order chi connectivity index (χ0) is 17.2. The highest BCUT2D eigenvalue weighted by molar-refractivity contribution is 6.22. The van der Waals surface area contributed by atoms with Crippen LogP contribution in [0.3, 0.4) is 0 Å². The van der Waals surface area contributed by atoms with E-state index in [9.17, 15) is 14.7 Å². The summed E-state index contributed by atoms with van der Waals surface area (Å²) in [7, 11) is 2.59. The number of hydrogen-bond acceptors (Lipinski definition) is 5. The highest BCUT2D eigenvalue weighted by Crippen LogP contribution is 2.27. The molecular weight excluding hydrogens is 296 g/mol. The Hall–Kier alpha value is -1.78. The van der Waals surface area contributed by atoms with E-state index >= 15 is 0 Å². The molecule has 0 unspecified atom stereocenters. The van der Waals surface area contributed by atoms with Gasteiger partial charge >= 0.3 is 0 Å². The second-order valence-electron chi connectivity index (χ2n) is 5.78. The van der Waals surface area contributed by atoms with Gasteiger partial charge < -0.3 is 14.6 Å². The van der Waals surface area contributed by atoms with Crippen molar-refractivity contribution in [1.82, 2.24) is 0 Å². The maximum atomic E-state index is 12.3. The van der Waals surface area contributed by atoms with Gasteiger partial charge in [0.2, 0.25) is 17.3 Å². The molecule has 5 heteroatoms. The number of carbonyl (C=O) groups is 2. The van der Waals surface area contributed by atoms with Crippen LogP contribution in [0.5, 0.6) is 0 Å². The predicted octanol–water partition coefficient (Wildman–Crippen LogP) is 3.99. The minimum atomic E-state index is -0.682. The minimum Gasteiger partial charge on any atom is -0.504 e. The van der Waals surface area contributed by atoms with Crippen LogP contribution in [0.15, 0.2) is 22.9 Å². The second-order valence-corrected chi connectivity index (χ2v) is 5.78. The lowest BCUT2D eigenvalue weighted by Gasteiger charge is -2.18. The SMILES string of the molecule is CCCCCCCCCCC1=C(O)C(=O)C(OC)=C(OC)C1=O. The standard InChI is InChI=1S/C18H28O5/c1-4-5-6-7-8-9-10-11-12-13-14(19)16(21)18(23-3)17(22-2)15(13)20/h19H,4-12H2,1-3H3. The van der Waals surface area contributed by atoms with Crippen LogP contribution >= 0.6 is 0 Å². The minimum absolute atomic E-state index is 0.120. The lowest BCUT2D eigenvalue weighted by molar-refractivity contribution is -0.123. The lowest BCUT2D eigenvalue weighted by Crippen LogP contribution is -2.26. The van der Waals surface area contributed by atoms with Gasteiger partial charge in [-0.1, -0.05) is 51.9 Å². The van der Waals surface area contributed by atoms with Crippen LogP contribution in [-0.2, 0) is 19.1 Å². The Labute approximate surface area is 138 Å². The third kappa shape index (κ3) is 5.12. The number of aliphatic hydroxyl groups excluding tert-OH is 1. The van der Waals surface area contributed by atoms with Crippen molar-refractivity contribution in [3.05, 3.63) is 22.9 Å². The van der Waals surface area contributed by atoms with E-state index in [2.05, 4.69) is 6.92 Å². The summed E-state index contributed by atoms with van der Waals surface area (Å²) in [5, 5.41) is 9.96. The average molecular weight is 324 g/mol. The smallest absolute Gasteiger partial charge is 0.266 e. The summed E-state index contributed by atoms with van der Waals surface area (Å²) >= 11 is 0. The van der Waals surface area contributed by atoms with E-state index in [0.717, 1.165) is 19.3 Å². The summed E-state index contributed by atoms with van der Waals surface area (Å²) in [6.07, 6.45) is 9.47. The molecular formula is C18H28O5. The van der Waals surface area contributed by atoms with Crippen molar-refractivity contribution in [2.24, 2.45) is 0 Å². The molecule has 1 N–H and O–H groups in total. The van der Waals surface area contributed by atoms with Gasteiger partial charge in [0.15, 0.2) is 5.76 Å². The monoisotopic (exact) mass is 324 g/mol. The van der Waals surface area contributed by atoms with Crippen LogP contribution in [-0.4, -0.2) is 30.9 Å². The first-order valence-electron chi connectivity index (χ1n) is 8.42. The molecule has 0 aliphatic heterocycles. The van der Waals surface area contributed by atoms with Gasteiger partial charge in [0.05, 0.1) is 14.2 Å². The van der Waals surface area contributed by atoms with Crippen LogP contribution in [0.25, 0.3) is 0 Å². The summed E-state index contributed by atoms with van der Waals surface area (Å²) in [4.78, 5) is 24.3. The topological polar surface area (TPSA) is 72.8 Å². The fourth-order valence-electron chi connectivity index (χ4n) is 2.73. The quantitative estimate of drug-likeness (QED) is 0.459. The number of ketones is 2. The Kier molecular flexibility index (Phi) is 8.45. The van der Waals surface area contributed by atoms with E-state index in [1.54, 1.807) is 0 Å². The molecule has 0 amide bonds. The lowest BCUT2D eigenvalue weighted by atomic mass is 9.93. The molecule has 0 bridgehead atoms. The molecule has 0 aromatic heterocycles. The molecule has 0 fully saturated rings. The molecule has 1 aliphatic rings. The molecule has 130 valence electrons. The molecule has 1 rings (SSSR count). The molecule has 23 heavy (non-hydrogen) atoms. The molecule has 0 spiro atoms. The van der Waals surface area contributed by atoms with E-state index in [-0.39, 0.29) is 17.1 Å². The molecule has 1 aliphatic carbocycles. The van der Waals surface area contributed by atoms with Crippen LogP contribution < -0.4 is 0 Å². The average Bonchev–Trinajstić information content (AvgIpc) is 2.55. The Bertz CT molecular complexity index is 488. The molecule has 0 radical (unpaired) electrons. The largest absolute Gasteiger partial charge is 0.504 e. The summed E-state index contributed by atoms with van der Waals surface area (Å²) in [6.45, 7) is 2.19. The van der Waals surface area contributed by atoms with Crippen molar-refractivity contribution in [3.63, 3.8) is 0 Å². The van der Waals surface area contributed by atoms with Gasteiger partial charge in [0, 0.05) is 5.57 Å². The Balaban J connectivity index is 2.49. The summed E-state index contributed by atoms with van der Waals surface area (Å²) in [5.41, 5.74) is 0.138. The first kappa shape index (κ1) is 19.3. The number of ether oxygens (including phenoxy) is 2. The van der Waals surface area contributed by atoms with Crippen molar-refractivity contribution in [2.75, 3.05) is 14.2 Å². The van der Waals surface area contributed by atoms with Gasteiger partial charge in [-0.15, -0.1) is 0 Å². The first-order chi connectivity index (χ1) is 11.1. The Morgan fingerprint density at radius 2 is 1.26 bits per heavy atom. The molecule has 5 nitrogen and oxygen atoms in total. The number of hydrogen-bond donors (Lipinski definition) is 1. The zero-order valence-electron chi connectivity index (χ0n) is 14.4. The third-order valence-corrected chi connectivity index (χ3v) is 4.08. The Morgan fingerprint density at radius 3 is 1.78 bits per heavy atom. The van der Waals surface area contributed by atoms with Crippen molar-refractivity contribution in [1.29, 1.82) is 0 Å². The summed E-state index contributed by atoms with van der Waals surface area (Å²) in [6, 6.07) is 0. The number of allylic oxidation sites excluding steroid dienone is 1. The number of aliphatic hydroxyl groups is 1. The number of carbonyl (C=O) groups excluding carboxylic acids is 2. The third-order valence-electron chi connectivity index (χ3n) is 4.08. The zero-order valence-corrected chi connectivity index (χ0v) is 14.4. The maximum absolute atomic E-state index is 12.3. The van der Waals surface area contributed by atoms with E-state index in [4.69, 9.17) is 9.47 Å². The van der Waals surface area contributed by atoms with Gasteiger partial charge in [0.25, 0.3) is 5.78 Å². The Morgan fingerprint density at radius 1 is 0.783 bits per heavy atom. The molecule has 0 aromatic rings. The van der Waals surface area contributed by atoms with E-state index < -0.39 is 17.3 Å². The van der Waals surface area contributed by atoms with Crippen LogP contribution in [0.1, 0.15) is 64.7 Å². The summed E-state index contributed by atoms with van der Waals surface area (Å²) in [5.74, 6) is -1.99. The number of unbranched alkanes of at least 4 members (excludes halogenated alkanes) is 7. The summed E-state index contributed by atoms with van der Waals surface area (Å²) < 4.78 is 9.85. The van der Waals surface area contributed by atoms with Crippen molar-refractivity contribution >= 4 is 11.6 Å². The van der Waals surface area contributed by atoms with Gasteiger partial charge in [-0.3, -0.25) is 9.59 Å². The van der Waals surface area contributed by atoms with Crippen LogP contribution in [0.4, 0.5) is 0 Å². The van der Waals surface area contributed by atoms with E-state index in [1.807, 2.05) is 0 Å². The van der Waals surface area contributed by atoms with Gasteiger partial charge in [0.1, 0.15) is 0 Å². The highest BCUT2D eigenvalue weighted by Gasteiger charge is 2.36. The maximum Gasteiger partial charge on any atom is 0.266 e. The van der Waals surface area contributed by atoms with Crippen molar-refractivity contribution < 1.29 is 24.2 Å². The van der Waals surface area contributed by atoms with Crippen LogP contribution in [0, 0.1) is 0 Å². The number of Topliss-reactive ketones (excluding diaryl/α,β-unsaturated/α-hetero) is 2. The number of rotatable bonds is 11. The van der Waals surface area contributed by atoms with Crippen molar-refractivity contribution in [2.45, 2.75) is 64.7 Å². The molecule has 0 saturated heterocycles. The fourth-order valence-corrected chi connectivity index (χ4v) is 2.73. The van der Waals surface area contributed by atoms with Crippen molar-refractivity contribution in [3.8, 4) is 0 Å². The normalized spacial score (nSPS) is 15.4. The van der Waals surface area contributed by atoms with E-state index in [0.29, 0.717) is 6.42 Å². The molecule has 0 saturated carbocycles. The van der Waals surface area contributed by atoms with Gasteiger partial charge in [-0.2, -0.15) is 0 Å². The van der Waals surface area contributed by atoms with Gasteiger partial charge in [-0.25, -0.2) is 0 Å². The van der Waals surface area contributed by atoms with E-state index in [1.165, 1.54) is 46.3 Å². The highest BCUT2D eigenvalue weighted by atomic mass is 16.5.